The molecule has 1 aliphatic rings. The second kappa shape index (κ2) is 4.19. The minimum absolute atomic E-state index is 0.104. The highest BCUT2D eigenvalue weighted by molar-refractivity contribution is 5.78. The Balaban J connectivity index is 2.17. The van der Waals surface area contributed by atoms with Gasteiger partial charge in [-0.1, -0.05) is 24.3 Å². The number of amides is 1. The standard InChI is InChI=1S/C16H17N2O/c1-13-16(18(13)14(2)19,15-9-5-3-6-10-15)17-11-7-4-8-12-17/h3-13H,1-2H3/q+1. The Morgan fingerprint density at radius 2 is 1.68 bits per heavy atom. The molecule has 2 aromatic rings. The zero-order valence-electron chi connectivity index (χ0n) is 11.2. The molecule has 0 N–H and O–H groups in total. The van der Waals surface area contributed by atoms with Crippen LogP contribution >= 0.6 is 0 Å². The third-order valence-electron chi connectivity index (χ3n) is 3.92. The fourth-order valence-corrected chi connectivity index (χ4v) is 3.10. The van der Waals surface area contributed by atoms with Crippen molar-refractivity contribution in [2.75, 3.05) is 0 Å². The summed E-state index contributed by atoms with van der Waals surface area (Å²) in [6.07, 6.45) is 4.04. The van der Waals surface area contributed by atoms with Gasteiger partial charge in [0, 0.05) is 24.6 Å². The molecule has 1 amide bonds. The third-order valence-corrected chi connectivity index (χ3v) is 3.92. The Morgan fingerprint density at radius 3 is 2.21 bits per heavy atom. The van der Waals surface area contributed by atoms with Crippen LogP contribution in [0.2, 0.25) is 0 Å². The molecule has 96 valence electrons. The molecule has 0 saturated carbocycles. The molecule has 1 saturated heterocycles. The molecule has 0 spiro atoms. The number of carbonyl (C=O) groups is 1. The predicted molar refractivity (Wildman–Crippen MR) is 72.1 cm³/mol. The fourth-order valence-electron chi connectivity index (χ4n) is 3.10. The number of pyridine rings is 1. The maximum absolute atomic E-state index is 11.9. The first-order valence-corrected chi connectivity index (χ1v) is 6.51. The molecule has 0 aliphatic carbocycles. The molecule has 1 aromatic carbocycles. The van der Waals surface area contributed by atoms with Crippen LogP contribution in [0.25, 0.3) is 0 Å². The van der Waals surface area contributed by atoms with Crippen molar-refractivity contribution in [3.63, 3.8) is 0 Å². The molecular weight excluding hydrogens is 236 g/mol. The molecule has 0 bridgehead atoms. The van der Waals surface area contributed by atoms with E-state index < -0.39 is 0 Å². The highest BCUT2D eigenvalue weighted by atomic mass is 16.2. The van der Waals surface area contributed by atoms with Gasteiger partial charge in [0.15, 0.2) is 12.4 Å². The fraction of sp³-hybridized carbons (Fsp3) is 0.250. The van der Waals surface area contributed by atoms with E-state index in [9.17, 15) is 4.79 Å². The van der Waals surface area contributed by atoms with Crippen LogP contribution in [-0.2, 0) is 10.5 Å². The van der Waals surface area contributed by atoms with E-state index in [4.69, 9.17) is 0 Å². The van der Waals surface area contributed by atoms with Crippen molar-refractivity contribution in [1.29, 1.82) is 0 Å². The maximum Gasteiger partial charge on any atom is 0.293 e. The lowest BCUT2D eigenvalue weighted by Crippen LogP contribution is -2.51. The summed E-state index contributed by atoms with van der Waals surface area (Å²) >= 11 is 0. The van der Waals surface area contributed by atoms with Crippen molar-refractivity contribution < 1.29 is 9.36 Å². The molecule has 2 atom stereocenters. The van der Waals surface area contributed by atoms with E-state index in [1.165, 1.54) is 0 Å². The lowest BCUT2D eigenvalue weighted by molar-refractivity contribution is -0.738. The average molecular weight is 253 g/mol. The van der Waals surface area contributed by atoms with E-state index in [0.717, 1.165) is 5.56 Å². The highest BCUT2D eigenvalue weighted by Gasteiger charge is 2.71. The molecular formula is C16H17N2O+. The van der Waals surface area contributed by atoms with E-state index in [2.05, 4.69) is 23.6 Å². The second-order valence-corrected chi connectivity index (χ2v) is 4.94. The minimum atomic E-state index is -0.367. The Hall–Kier alpha value is -2.16. The normalized spacial score (nSPS) is 25.2. The zero-order valence-corrected chi connectivity index (χ0v) is 11.2. The summed E-state index contributed by atoms with van der Waals surface area (Å²) in [4.78, 5) is 13.8. The van der Waals surface area contributed by atoms with Gasteiger partial charge in [0.2, 0.25) is 5.91 Å². The van der Waals surface area contributed by atoms with Gasteiger partial charge in [-0.2, -0.15) is 4.57 Å². The topological polar surface area (TPSA) is 24.0 Å². The monoisotopic (exact) mass is 253 g/mol. The summed E-state index contributed by atoms with van der Waals surface area (Å²) in [5, 5.41) is 0. The summed E-state index contributed by atoms with van der Waals surface area (Å²) < 4.78 is 2.12. The van der Waals surface area contributed by atoms with Crippen molar-refractivity contribution in [1.82, 2.24) is 4.90 Å². The van der Waals surface area contributed by atoms with Crippen molar-refractivity contribution in [2.45, 2.75) is 25.6 Å². The summed E-state index contributed by atoms with van der Waals surface area (Å²) in [5.41, 5.74) is 0.780. The number of rotatable bonds is 2. The lowest BCUT2D eigenvalue weighted by Gasteiger charge is -2.12. The first-order valence-electron chi connectivity index (χ1n) is 6.51. The van der Waals surface area contributed by atoms with E-state index in [1.807, 2.05) is 53.7 Å². The summed E-state index contributed by atoms with van der Waals surface area (Å²) in [5.74, 6) is 0.104. The van der Waals surface area contributed by atoms with Gasteiger partial charge in [0.1, 0.15) is 6.04 Å². The van der Waals surface area contributed by atoms with Gasteiger partial charge in [-0.05, 0) is 19.1 Å². The molecule has 3 heteroatoms. The number of benzene rings is 1. The van der Waals surface area contributed by atoms with E-state index in [1.54, 1.807) is 6.92 Å². The van der Waals surface area contributed by atoms with Crippen molar-refractivity contribution in [2.24, 2.45) is 0 Å². The van der Waals surface area contributed by atoms with Crippen LogP contribution in [0.3, 0.4) is 0 Å². The van der Waals surface area contributed by atoms with Crippen LogP contribution < -0.4 is 4.57 Å². The first kappa shape index (κ1) is 11.9. The number of hydrogen-bond donors (Lipinski definition) is 0. The molecule has 1 aliphatic heterocycles. The maximum atomic E-state index is 11.9. The Morgan fingerprint density at radius 1 is 1.11 bits per heavy atom. The number of aromatic nitrogens is 1. The average Bonchev–Trinajstić information content (AvgIpc) is 3.08. The van der Waals surface area contributed by atoms with Gasteiger partial charge in [-0.15, -0.1) is 0 Å². The van der Waals surface area contributed by atoms with Crippen LogP contribution in [-0.4, -0.2) is 16.8 Å². The van der Waals surface area contributed by atoms with Gasteiger partial charge >= 0.3 is 0 Å². The number of nitrogens with zero attached hydrogens (tertiary/aromatic N) is 2. The van der Waals surface area contributed by atoms with Crippen LogP contribution in [0.5, 0.6) is 0 Å². The van der Waals surface area contributed by atoms with Crippen molar-refractivity contribution in [3.05, 3.63) is 66.5 Å². The molecule has 3 nitrogen and oxygen atoms in total. The van der Waals surface area contributed by atoms with Crippen LogP contribution in [0.1, 0.15) is 19.4 Å². The Labute approximate surface area is 113 Å². The van der Waals surface area contributed by atoms with Gasteiger partial charge in [-0.25, -0.2) is 0 Å². The summed E-state index contributed by atoms with van der Waals surface area (Å²) in [7, 11) is 0. The zero-order chi connectivity index (χ0) is 13.5. The van der Waals surface area contributed by atoms with Gasteiger partial charge in [0.05, 0.1) is 0 Å². The van der Waals surface area contributed by atoms with E-state index in [0.29, 0.717) is 0 Å². The lowest BCUT2D eigenvalue weighted by atomic mass is 10.0. The van der Waals surface area contributed by atoms with Crippen molar-refractivity contribution in [3.8, 4) is 0 Å². The molecule has 0 radical (unpaired) electrons. The Bertz CT molecular complexity index is 555. The largest absolute Gasteiger partial charge is 0.293 e. The molecule has 19 heavy (non-hydrogen) atoms. The third kappa shape index (κ3) is 1.58. The molecule has 1 aromatic heterocycles. The minimum Gasteiger partial charge on any atom is -0.275 e. The molecule has 3 rings (SSSR count). The van der Waals surface area contributed by atoms with Gasteiger partial charge in [-0.3, -0.25) is 9.69 Å². The molecule has 2 unspecified atom stereocenters. The van der Waals surface area contributed by atoms with Crippen LogP contribution in [0.4, 0.5) is 0 Å². The quantitative estimate of drug-likeness (QED) is 0.592. The first-order chi connectivity index (χ1) is 9.19. The van der Waals surface area contributed by atoms with Gasteiger partial charge in [0.25, 0.3) is 5.66 Å². The van der Waals surface area contributed by atoms with Crippen molar-refractivity contribution >= 4 is 5.91 Å². The summed E-state index contributed by atoms with van der Waals surface area (Å²) in [6, 6.07) is 16.3. The summed E-state index contributed by atoms with van der Waals surface area (Å²) in [6.45, 7) is 3.72. The van der Waals surface area contributed by atoms with E-state index in [-0.39, 0.29) is 17.6 Å². The molecule has 1 fully saturated rings. The highest BCUT2D eigenvalue weighted by Crippen LogP contribution is 2.46. The van der Waals surface area contributed by atoms with Crippen LogP contribution in [0.15, 0.2) is 60.9 Å². The van der Waals surface area contributed by atoms with Gasteiger partial charge < -0.3 is 0 Å². The number of carbonyl (C=O) groups excluding carboxylic acids is 1. The van der Waals surface area contributed by atoms with Crippen LogP contribution in [0, 0.1) is 0 Å². The SMILES string of the molecule is CC(=O)N1C(C)C1(c1ccccc1)[n+]1ccccc1. The Kier molecular flexibility index (Phi) is 2.63. The predicted octanol–water partition coefficient (Wildman–Crippen LogP) is 1.93. The molecule has 2 heterocycles. The second-order valence-electron chi connectivity index (χ2n) is 4.94. The smallest absolute Gasteiger partial charge is 0.275 e. The van der Waals surface area contributed by atoms with E-state index >= 15 is 0 Å². The number of hydrogen-bond acceptors (Lipinski definition) is 1.